The van der Waals surface area contributed by atoms with Crippen molar-refractivity contribution in [3.05, 3.63) is 0 Å². The van der Waals surface area contributed by atoms with Crippen molar-refractivity contribution >= 4 is 17.8 Å². The molecule has 6 nitrogen and oxygen atoms in total. The lowest BCUT2D eigenvalue weighted by Crippen LogP contribution is -2.49. The summed E-state index contributed by atoms with van der Waals surface area (Å²) in [6.45, 7) is 4.03. The standard InChI is InChI=1S/C13H22N2O4/c1-13(2)6-4-3-5-8(13)11(17)15-9(12(18)19)7-10(14)16/h8-9H,3-7H2,1-2H3,(H2,14,16)(H,15,17)(H,18,19)/t8?,9-/m0/s1. The van der Waals surface area contributed by atoms with Gasteiger partial charge >= 0.3 is 5.97 Å². The minimum Gasteiger partial charge on any atom is -0.480 e. The van der Waals surface area contributed by atoms with Crippen LogP contribution in [0.2, 0.25) is 0 Å². The molecule has 1 unspecified atom stereocenters. The highest BCUT2D eigenvalue weighted by Gasteiger charge is 2.38. The predicted octanol–water partition coefficient (Wildman–Crippen LogP) is 0.648. The normalized spacial score (nSPS) is 23.4. The van der Waals surface area contributed by atoms with Crippen LogP contribution in [0, 0.1) is 11.3 Å². The summed E-state index contributed by atoms with van der Waals surface area (Å²) in [6, 6.07) is -1.23. The van der Waals surface area contributed by atoms with Gasteiger partial charge in [-0.05, 0) is 18.3 Å². The number of amides is 2. The minimum atomic E-state index is -1.24. The zero-order chi connectivity index (χ0) is 14.6. The highest BCUT2D eigenvalue weighted by Crippen LogP contribution is 2.40. The van der Waals surface area contributed by atoms with Crippen molar-refractivity contribution in [3.8, 4) is 0 Å². The zero-order valence-corrected chi connectivity index (χ0v) is 11.4. The number of hydrogen-bond donors (Lipinski definition) is 3. The Balaban J connectivity index is 2.70. The molecule has 0 aromatic rings. The number of primary amides is 1. The molecule has 0 aliphatic heterocycles. The van der Waals surface area contributed by atoms with Crippen molar-refractivity contribution in [1.82, 2.24) is 5.32 Å². The Morgan fingerprint density at radius 1 is 1.37 bits per heavy atom. The van der Waals surface area contributed by atoms with E-state index < -0.39 is 17.9 Å². The fourth-order valence-electron chi connectivity index (χ4n) is 2.65. The summed E-state index contributed by atoms with van der Waals surface area (Å²) in [7, 11) is 0. The molecular weight excluding hydrogens is 248 g/mol. The highest BCUT2D eigenvalue weighted by molar-refractivity contribution is 5.89. The topological polar surface area (TPSA) is 109 Å². The summed E-state index contributed by atoms with van der Waals surface area (Å²) in [4.78, 5) is 34.0. The van der Waals surface area contributed by atoms with Gasteiger partial charge in [-0.25, -0.2) is 4.79 Å². The van der Waals surface area contributed by atoms with Crippen LogP contribution in [0.4, 0.5) is 0 Å². The van der Waals surface area contributed by atoms with Gasteiger partial charge in [0, 0.05) is 5.92 Å². The third-order valence-electron chi connectivity index (χ3n) is 3.84. The van der Waals surface area contributed by atoms with Crippen LogP contribution >= 0.6 is 0 Å². The van der Waals surface area contributed by atoms with E-state index in [2.05, 4.69) is 5.32 Å². The maximum Gasteiger partial charge on any atom is 0.326 e. The lowest BCUT2D eigenvalue weighted by atomic mass is 9.68. The minimum absolute atomic E-state index is 0.141. The van der Waals surface area contributed by atoms with Crippen molar-refractivity contribution in [2.45, 2.75) is 52.0 Å². The van der Waals surface area contributed by atoms with Crippen molar-refractivity contribution in [2.24, 2.45) is 17.1 Å². The third kappa shape index (κ3) is 4.22. The molecular formula is C13H22N2O4. The number of rotatable bonds is 5. The Kier molecular flexibility index (Phi) is 4.91. The second kappa shape index (κ2) is 6.04. The van der Waals surface area contributed by atoms with Crippen LogP contribution in [0.1, 0.15) is 46.0 Å². The van der Waals surface area contributed by atoms with Crippen LogP contribution in [-0.2, 0) is 14.4 Å². The lowest BCUT2D eigenvalue weighted by Gasteiger charge is -2.37. The van der Waals surface area contributed by atoms with Gasteiger partial charge in [0.1, 0.15) is 6.04 Å². The average Bonchev–Trinajstić information content (AvgIpc) is 2.26. The molecule has 4 N–H and O–H groups in total. The average molecular weight is 270 g/mol. The summed E-state index contributed by atoms with van der Waals surface area (Å²) in [5, 5.41) is 11.4. The first-order chi connectivity index (χ1) is 8.74. The highest BCUT2D eigenvalue weighted by atomic mass is 16.4. The van der Waals surface area contributed by atoms with Gasteiger partial charge in [-0.2, -0.15) is 0 Å². The first-order valence-electron chi connectivity index (χ1n) is 6.55. The molecule has 19 heavy (non-hydrogen) atoms. The molecule has 6 heteroatoms. The van der Waals surface area contributed by atoms with E-state index in [0.717, 1.165) is 25.7 Å². The maximum atomic E-state index is 12.2. The van der Waals surface area contributed by atoms with Gasteiger partial charge in [-0.1, -0.05) is 26.7 Å². The SMILES string of the molecule is CC1(C)CCCCC1C(=O)N[C@@H](CC(N)=O)C(=O)O. The molecule has 0 radical (unpaired) electrons. The van der Waals surface area contributed by atoms with Gasteiger partial charge in [-0.15, -0.1) is 0 Å². The Morgan fingerprint density at radius 3 is 2.47 bits per heavy atom. The Bertz CT molecular complexity index is 379. The van der Waals surface area contributed by atoms with Gasteiger partial charge in [-0.3, -0.25) is 9.59 Å². The quantitative estimate of drug-likeness (QED) is 0.681. The van der Waals surface area contributed by atoms with E-state index >= 15 is 0 Å². The molecule has 1 fully saturated rings. The summed E-state index contributed by atoms with van der Waals surface area (Å²) >= 11 is 0. The van der Waals surface area contributed by atoms with Crippen LogP contribution in [0.5, 0.6) is 0 Å². The smallest absolute Gasteiger partial charge is 0.326 e. The molecule has 2 atom stereocenters. The molecule has 0 bridgehead atoms. The number of carboxylic acids is 1. The Labute approximate surface area is 112 Å². The van der Waals surface area contributed by atoms with Crippen LogP contribution in [0.3, 0.4) is 0 Å². The molecule has 0 saturated heterocycles. The predicted molar refractivity (Wildman–Crippen MR) is 69.1 cm³/mol. The summed E-state index contributed by atoms with van der Waals surface area (Å²) in [5.41, 5.74) is 4.84. The summed E-state index contributed by atoms with van der Waals surface area (Å²) in [6.07, 6.45) is 3.37. The van der Waals surface area contributed by atoms with Crippen LogP contribution in [-0.4, -0.2) is 28.9 Å². The fourth-order valence-corrected chi connectivity index (χ4v) is 2.65. The van der Waals surface area contributed by atoms with Gasteiger partial charge in [0.05, 0.1) is 6.42 Å². The number of carboxylic acid groups (broad SMARTS) is 1. The molecule has 1 aliphatic rings. The van der Waals surface area contributed by atoms with Crippen LogP contribution in [0.15, 0.2) is 0 Å². The fraction of sp³-hybridized carbons (Fsp3) is 0.769. The monoisotopic (exact) mass is 270 g/mol. The van der Waals surface area contributed by atoms with E-state index in [-0.39, 0.29) is 23.7 Å². The van der Waals surface area contributed by atoms with Crippen molar-refractivity contribution in [3.63, 3.8) is 0 Å². The van der Waals surface area contributed by atoms with Crippen LogP contribution < -0.4 is 11.1 Å². The maximum absolute atomic E-state index is 12.2. The second-order valence-corrected chi connectivity index (χ2v) is 5.86. The van der Waals surface area contributed by atoms with Gasteiger partial charge in [0.2, 0.25) is 11.8 Å². The van der Waals surface area contributed by atoms with Crippen molar-refractivity contribution < 1.29 is 19.5 Å². The number of nitrogens with one attached hydrogen (secondary N) is 1. The van der Waals surface area contributed by atoms with E-state index in [1.807, 2.05) is 13.8 Å². The van der Waals surface area contributed by atoms with Gasteiger partial charge in [0.15, 0.2) is 0 Å². The number of hydrogen-bond acceptors (Lipinski definition) is 3. The number of carbonyl (C=O) groups is 3. The van der Waals surface area contributed by atoms with E-state index in [1.165, 1.54) is 0 Å². The summed E-state index contributed by atoms with van der Waals surface area (Å²) in [5.74, 6) is -2.48. The molecule has 108 valence electrons. The molecule has 0 heterocycles. The van der Waals surface area contributed by atoms with E-state index in [4.69, 9.17) is 10.8 Å². The number of aliphatic carboxylic acids is 1. The van der Waals surface area contributed by atoms with E-state index in [1.54, 1.807) is 0 Å². The number of nitrogens with two attached hydrogens (primary N) is 1. The van der Waals surface area contributed by atoms with Crippen molar-refractivity contribution in [1.29, 1.82) is 0 Å². The first kappa shape index (κ1) is 15.5. The molecule has 1 aliphatic carbocycles. The molecule has 0 aromatic carbocycles. The van der Waals surface area contributed by atoms with Crippen molar-refractivity contribution in [2.75, 3.05) is 0 Å². The lowest BCUT2D eigenvalue weighted by molar-refractivity contribution is -0.145. The Hall–Kier alpha value is -1.59. The summed E-state index contributed by atoms with van der Waals surface area (Å²) < 4.78 is 0. The Morgan fingerprint density at radius 2 is 2.00 bits per heavy atom. The first-order valence-corrected chi connectivity index (χ1v) is 6.55. The molecule has 0 aromatic heterocycles. The van der Waals surface area contributed by atoms with Gasteiger partial charge < -0.3 is 16.2 Å². The molecule has 2 amide bonds. The van der Waals surface area contributed by atoms with Crippen LogP contribution in [0.25, 0.3) is 0 Å². The third-order valence-corrected chi connectivity index (χ3v) is 3.84. The van der Waals surface area contributed by atoms with E-state index in [9.17, 15) is 14.4 Å². The largest absolute Gasteiger partial charge is 0.480 e. The second-order valence-electron chi connectivity index (χ2n) is 5.86. The molecule has 1 saturated carbocycles. The zero-order valence-electron chi connectivity index (χ0n) is 11.4. The van der Waals surface area contributed by atoms with E-state index in [0.29, 0.717) is 0 Å². The molecule has 0 spiro atoms. The molecule has 1 rings (SSSR count). The van der Waals surface area contributed by atoms with Gasteiger partial charge in [0.25, 0.3) is 0 Å². The number of carbonyl (C=O) groups excluding carboxylic acids is 2.